The predicted molar refractivity (Wildman–Crippen MR) is 89.0 cm³/mol. The fourth-order valence-corrected chi connectivity index (χ4v) is 3.75. The SMILES string of the molecule is CCOC(=O)[C@@H]1[C@H]2CN(c3ncc(CC)cn3)C[C@@H]2C=C[C@@H]1C. The molecule has 1 aliphatic heterocycles. The molecule has 0 bridgehead atoms. The first-order valence-corrected chi connectivity index (χ1v) is 8.54. The predicted octanol–water partition coefficient (Wildman–Crippen LogP) is 2.48. The van der Waals surface area contributed by atoms with E-state index in [-0.39, 0.29) is 23.7 Å². The zero-order valence-electron chi connectivity index (χ0n) is 14.1. The van der Waals surface area contributed by atoms with E-state index in [2.05, 4.69) is 40.9 Å². The van der Waals surface area contributed by atoms with Gasteiger partial charge in [-0.2, -0.15) is 0 Å². The van der Waals surface area contributed by atoms with Crippen LogP contribution in [-0.4, -0.2) is 35.6 Å². The van der Waals surface area contributed by atoms with Crippen molar-refractivity contribution < 1.29 is 9.53 Å². The average Bonchev–Trinajstić information content (AvgIpc) is 2.99. The van der Waals surface area contributed by atoms with Gasteiger partial charge in [-0.05, 0) is 36.7 Å². The minimum absolute atomic E-state index is 0.0649. The van der Waals surface area contributed by atoms with Gasteiger partial charge in [-0.3, -0.25) is 4.79 Å². The van der Waals surface area contributed by atoms with Crippen molar-refractivity contribution in [1.29, 1.82) is 0 Å². The molecule has 1 aromatic heterocycles. The van der Waals surface area contributed by atoms with Gasteiger partial charge < -0.3 is 9.64 Å². The second kappa shape index (κ2) is 6.69. The molecule has 1 aliphatic carbocycles. The Bertz CT molecular complexity index is 584. The normalized spacial score (nSPS) is 29.4. The maximum absolute atomic E-state index is 12.4. The molecule has 2 aliphatic rings. The van der Waals surface area contributed by atoms with Crippen LogP contribution in [0.5, 0.6) is 0 Å². The van der Waals surface area contributed by atoms with Gasteiger partial charge in [-0.15, -0.1) is 0 Å². The molecule has 0 spiro atoms. The van der Waals surface area contributed by atoms with Crippen molar-refractivity contribution in [2.24, 2.45) is 23.7 Å². The second-order valence-corrected chi connectivity index (χ2v) is 6.50. The summed E-state index contributed by atoms with van der Waals surface area (Å²) in [7, 11) is 0. The highest BCUT2D eigenvalue weighted by atomic mass is 16.5. The number of rotatable bonds is 4. The lowest BCUT2D eigenvalue weighted by atomic mass is 9.72. The fraction of sp³-hybridized carbons (Fsp3) is 0.611. The average molecular weight is 315 g/mol. The lowest BCUT2D eigenvalue weighted by Crippen LogP contribution is -2.37. The van der Waals surface area contributed by atoms with Gasteiger partial charge in [0.15, 0.2) is 0 Å². The third-order valence-corrected chi connectivity index (χ3v) is 5.04. The maximum atomic E-state index is 12.4. The number of aromatic nitrogens is 2. The molecule has 0 unspecified atom stereocenters. The summed E-state index contributed by atoms with van der Waals surface area (Å²) in [5, 5.41) is 0. The molecule has 0 aromatic carbocycles. The van der Waals surface area contributed by atoms with Crippen LogP contribution < -0.4 is 4.90 Å². The molecular weight excluding hydrogens is 290 g/mol. The summed E-state index contributed by atoms with van der Waals surface area (Å²) in [6.07, 6.45) is 9.15. The van der Waals surface area contributed by atoms with E-state index < -0.39 is 0 Å². The first-order chi connectivity index (χ1) is 11.1. The van der Waals surface area contributed by atoms with Crippen molar-refractivity contribution in [2.75, 3.05) is 24.6 Å². The molecule has 124 valence electrons. The first kappa shape index (κ1) is 16.0. The van der Waals surface area contributed by atoms with Crippen molar-refractivity contribution in [3.05, 3.63) is 30.1 Å². The molecule has 4 atom stereocenters. The van der Waals surface area contributed by atoms with E-state index in [1.165, 1.54) is 0 Å². The van der Waals surface area contributed by atoms with E-state index >= 15 is 0 Å². The van der Waals surface area contributed by atoms with E-state index in [0.29, 0.717) is 12.5 Å². The molecule has 0 saturated carbocycles. The van der Waals surface area contributed by atoms with Crippen molar-refractivity contribution >= 4 is 11.9 Å². The Kier molecular flexibility index (Phi) is 4.64. The molecule has 0 amide bonds. The van der Waals surface area contributed by atoms with E-state index in [1.54, 1.807) is 0 Å². The van der Waals surface area contributed by atoms with Gasteiger partial charge in [0, 0.05) is 25.5 Å². The van der Waals surface area contributed by atoms with Crippen LogP contribution in [0.15, 0.2) is 24.5 Å². The second-order valence-electron chi connectivity index (χ2n) is 6.50. The number of anilines is 1. The zero-order valence-corrected chi connectivity index (χ0v) is 14.1. The van der Waals surface area contributed by atoms with Crippen molar-refractivity contribution in [3.63, 3.8) is 0 Å². The standard InChI is InChI=1S/C18H25N3O2/c1-4-13-8-19-18(20-9-13)21-10-14-7-6-12(3)16(15(14)11-21)17(22)23-5-2/h6-9,12,14-16H,4-5,10-11H2,1-3H3/t12-,14-,15-,16-/m0/s1. The maximum Gasteiger partial charge on any atom is 0.309 e. The quantitative estimate of drug-likeness (QED) is 0.631. The Morgan fingerprint density at radius 3 is 2.65 bits per heavy atom. The van der Waals surface area contributed by atoms with Crippen LogP contribution in [0.4, 0.5) is 5.95 Å². The highest BCUT2D eigenvalue weighted by molar-refractivity contribution is 5.74. The third-order valence-electron chi connectivity index (χ3n) is 5.04. The fourth-order valence-electron chi connectivity index (χ4n) is 3.75. The number of fused-ring (bicyclic) bond motifs is 1. The molecule has 1 saturated heterocycles. The number of carbonyl (C=O) groups excluding carboxylic acids is 1. The minimum Gasteiger partial charge on any atom is -0.466 e. The van der Waals surface area contributed by atoms with Crippen LogP contribution in [0.3, 0.4) is 0 Å². The highest BCUT2D eigenvalue weighted by Crippen LogP contribution is 2.40. The lowest BCUT2D eigenvalue weighted by molar-refractivity contribution is -0.151. The van der Waals surface area contributed by atoms with Gasteiger partial charge >= 0.3 is 5.97 Å². The summed E-state index contributed by atoms with van der Waals surface area (Å²) >= 11 is 0. The number of nitrogens with zero attached hydrogens (tertiary/aromatic N) is 3. The Labute approximate surface area is 137 Å². The lowest BCUT2D eigenvalue weighted by Gasteiger charge is -2.31. The molecule has 0 radical (unpaired) electrons. The zero-order chi connectivity index (χ0) is 16.4. The monoisotopic (exact) mass is 315 g/mol. The number of hydrogen-bond donors (Lipinski definition) is 0. The Balaban J connectivity index is 1.78. The summed E-state index contributed by atoms with van der Waals surface area (Å²) in [6, 6.07) is 0. The van der Waals surface area contributed by atoms with Crippen LogP contribution in [0.25, 0.3) is 0 Å². The van der Waals surface area contributed by atoms with Gasteiger partial charge in [0.05, 0.1) is 12.5 Å². The third kappa shape index (κ3) is 3.09. The van der Waals surface area contributed by atoms with E-state index in [4.69, 9.17) is 4.74 Å². The van der Waals surface area contributed by atoms with Crippen LogP contribution in [-0.2, 0) is 16.0 Å². The van der Waals surface area contributed by atoms with Crippen molar-refractivity contribution in [3.8, 4) is 0 Å². The van der Waals surface area contributed by atoms with Gasteiger partial charge in [0.1, 0.15) is 0 Å². The first-order valence-electron chi connectivity index (χ1n) is 8.54. The highest BCUT2D eigenvalue weighted by Gasteiger charge is 2.45. The number of ether oxygens (including phenoxy) is 1. The van der Waals surface area contributed by atoms with Crippen LogP contribution in [0.1, 0.15) is 26.3 Å². The molecule has 1 aromatic rings. The smallest absolute Gasteiger partial charge is 0.309 e. The van der Waals surface area contributed by atoms with Crippen molar-refractivity contribution in [2.45, 2.75) is 27.2 Å². The summed E-state index contributed by atoms with van der Waals surface area (Å²) in [6.45, 7) is 8.18. The Morgan fingerprint density at radius 1 is 1.26 bits per heavy atom. The van der Waals surface area contributed by atoms with Crippen LogP contribution in [0.2, 0.25) is 0 Å². The summed E-state index contributed by atoms with van der Waals surface area (Å²) in [4.78, 5) is 23.5. The summed E-state index contributed by atoms with van der Waals surface area (Å²) in [5.41, 5.74) is 1.14. The molecule has 3 rings (SSSR count). The molecule has 5 heteroatoms. The van der Waals surface area contributed by atoms with Crippen molar-refractivity contribution in [1.82, 2.24) is 9.97 Å². The molecule has 23 heavy (non-hydrogen) atoms. The van der Waals surface area contributed by atoms with E-state index in [9.17, 15) is 4.79 Å². The Hall–Kier alpha value is -1.91. The molecule has 0 N–H and O–H groups in total. The van der Waals surface area contributed by atoms with E-state index in [0.717, 1.165) is 31.0 Å². The number of allylic oxidation sites excluding steroid dienone is 1. The number of carbonyl (C=O) groups is 1. The number of aryl methyl sites for hydroxylation is 1. The largest absolute Gasteiger partial charge is 0.466 e. The van der Waals surface area contributed by atoms with Crippen LogP contribution >= 0.6 is 0 Å². The molecular formula is C18H25N3O2. The Morgan fingerprint density at radius 2 is 2.00 bits per heavy atom. The summed E-state index contributed by atoms with van der Waals surface area (Å²) < 4.78 is 5.31. The van der Waals surface area contributed by atoms with Crippen LogP contribution in [0, 0.1) is 23.7 Å². The van der Waals surface area contributed by atoms with E-state index in [1.807, 2.05) is 19.3 Å². The molecule has 2 heterocycles. The molecule has 1 fully saturated rings. The van der Waals surface area contributed by atoms with Gasteiger partial charge in [0.25, 0.3) is 0 Å². The van der Waals surface area contributed by atoms with Gasteiger partial charge in [0.2, 0.25) is 5.95 Å². The van der Waals surface area contributed by atoms with Gasteiger partial charge in [-0.25, -0.2) is 9.97 Å². The van der Waals surface area contributed by atoms with Gasteiger partial charge in [-0.1, -0.05) is 26.0 Å². The topological polar surface area (TPSA) is 55.3 Å². The summed E-state index contributed by atoms with van der Waals surface area (Å²) in [5.74, 6) is 1.51. The number of hydrogen-bond acceptors (Lipinski definition) is 5. The molecule has 5 nitrogen and oxygen atoms in total. The number of esters is 1. The minimum atomic E-state index is -0.0663.